The Bertz CT molecular complexity index is 1330. The van der Waals surface area contributed by atoms with Gasteiger partial charge >= 0.3 is 0 Å². The number of nitrogens with zero attached hydrogens (tertiary/aromatic N) is 2. The molecule has 0 saturated heterocycles. The number of hydrogen-bond donors (Lipinski definition) is 0. The lowest BCUT2D eigenvalue weighted by molar-refractivity contribution is 0.0970. The summed E-state index contributed by atoms with van der Waals surface area (Å²) < 4.78 is 5.90. The van der Waals surface area contributed by atoms with Crippen LogP contribution in [0.15, 0.2) is 76.1 Å². The lowest BCUT2D eigenvalue weighted by Crippen LogP contribution is -2.30. The molecule has 29 heavy (non-hydrogen) atoms. The van der Waals surface area contributed by atoms with Gasteiger partial charge in [0.2, 0.25) is 5.76 Å². The molecular formula is C23H15ClN2O3. The number of fused-ring (bicyclic) bond motifs is 2. The molecule has 5 rings (SSSR count). The third-order valence-corrected chi connectivity index (χ3v) is 5.32. The van der Waals surface area contributed by atoms with Crippen molar-refractivity contribution in [2.75, 3.05) is 4.90 Å². The number of anilines is 1. The number of aromatic nitrogens is 1. The Morgan fingerprint density at radius 2 is 1.86 bits per heavy atom. The van der Waals surface area contributed by atoms with Crippen LogP contribution in [0.3, 0.4) is 0 Å². The molecule has 0 fully saturated rings. The van der Waals surface area contributed by atoms with E-state index >= 15 is 0 Å². The van der Waals surface area contributed by atoms with Crippen LogP contribution < -0.4 is 10.3 Å². The Kier molecular flexibility index (Phi) is 4.00. The zero-order chi connectivity index (χ0) is 20.1. The second-order valence-electron chi connectivity index (χ2n) is 7.00. The number of para-hydroxylation sites is 1. The average Bonchev–Trinajstić information content (AvgIpc) is 3.02. The summed E-state index contributed by atoms with van der Waals surface area (Å²) in [6.45, 7) is 1.92. The molecule has 4 aromatic rings. The highest BCUT2D eigenvalue weighted by Gasteiger charge is 2.44. The Morgan fingerprint density at radius 1 is 1.03 bits per heavy atom. The molecule has 5 nitrogen and oxygen atoms in total. The van der Waals surface area contributed by atoms with Crippen molar-refractivity contribution in [2.45, 2.75) is 13.0 Å². The number of rotatable bonds is 2. The summed E-state index contributed by atoms with van der Waals surface area (Å²) in [6, 6.07) is 17.0. The first-order valence-corrected chi connectivity index (χ1v) is 9.50. The van der Waals surface area contributed by atoms with Crippen LogP contribution in [0.2, 0.25) is 5.02 Å². The van der Waals surface area contributed by atoms with Crippen molar-refractivity contribution in [3.8, 4) is 0 Å². The van der Waals surface area contributed by atoms with E-state index in [4.69, 9.17) is 16.0 Å². The van der Waals surface area contributed by atoms with Crippen molar-refractivity contribution in [1.82, 2.24) is 4.98 Å². The number of carbonyl (C=O) groups is 1. The second-order valence-corrected chi connectivity index (χ2v) is 7.43. The van der Waals surface area contributed by atoms with E-state index in [-0.39, 0.29) is 11.2 Å². The first-order valence-electron chi connectivity index (χ1n) is 9.12. The molecule has 0 saturated carbocycles. The number of hydrogen-bond acceptors (Lipinski definition) is 4. The van der Waals surface area contributed by atoms with Crippen molar-refractivity contribution in [2.24, 2.45) is 0 Å². The third-order valence-electron chi connectivity index (χ3n) is 5.08. The molecule has 1 aliphatic rings. The van der Waals surface area contributed by atoms with E-state index in [9.17, 15) is 9.59 Å². The maximum absolute atomic E-state index is 13.4. The molecule has 0 spiro atoms. The van der Waals surface area contributed by atoms with Gasteiger partial charge in [-0.3, -0.25) is 14.5 Å². The van der Waals surface area contributed by atoms with Crippen LogP contribution in [-0.4, -0.2) is 10.9 Å². The molecule has 1 unspecified atom stereocenters. The fourth-order valence-corrected chi connectivity index (χ4v) is 3.95. The van der Waals surface area contributed by atoms with Crippen molar-refractivity contribution in [3.05, 3.63) is 105 Å². The van der Waals surface area contributed by atoms with E-state index < -0.39 is 11.9 Å². The first kappa shape index (κ1) is 17.6. The fraction of sp³-hybridized carbons (Fsp3) is 0.0870. The highest BCUT2D eigenvalue weighted by atomic mass is 35.5. The average molecular weight is 403 g/mol. The zero-order valence-corrected chi connectivity index (χ0v) is 16.2. The summed E-state index contributed by atoms with van der Waals surface area (Å²) >= 11 is 6.22. The van der Waals surface area contributed by atoms with Gasteiger partial charge in [0.25, 0.3) is 5.91 Å². The molecule has 6 heteroatoms. The molecule has 3 heterocycles. The van der Waals surface area contributed by atoms with Crippen molar-refractivity contribution in [1.29, 1.82) is 0 Å². The maximum Gasteiger partial charge on any atom is 0.296 e. The smallest absolute Gasteiger partial charge is 0.296 e. The molecule has 0 radical (unpaired) electrons. The van der Waals surface area contributed by atoms with Gasteiger partial charge in [-0.15, -0.1) is 0 Å². The standard InChI is InChI=1S/C23H15ClN2O3/c1-13-9-10-18(25-12-13)26-20(14-5-4-6-15(24)11-14)19-21(27)16-7-2-3-8-17(16)29-22(19)23(26)28/h2-12,20H,1H3. The fourth-order valence-electron chi connectivity index (χ4n) is 3.75. The number of carbonyl (C=O) groups excluding carboxylic acids is 1. The van der Waals surface area contributed by atoms with E-state index in [1.807, 2.05) is 19.1 Å². The van der Waals surface area contributed by atoms with Crippen molar-refractivity contribution >= 4 is 34.3 Å². The van der Waals surface area contributed by atoms with Crippen molar-refractivity contribution in [3.63, 3.8) is 0 Å². The van der Waals surface area contributed by atoms with E-state index in [1.54, 1.807) is 54.7 Å². The number of benzene rings is 2. The third kappa shape index (κ3) is 2.74. The van der Waals surface area contributed by atoms with Crippen LogP contribution in [-0.2, 0) is 0 Å². The highest BCUT2D eigenvalue weighted by molar-refractivity contribution is 6.30. The second kappa shape index (κ2) is 6.57. The van der Waals surface area contributed by atoms with Gasteiger partial charge in [0.05, 0.1) is 17.0 Å². The van der Waals surface area contributed by atoms with Crippen LogP contribution in [0.25, 0.3) is 11.0 Å². The molecule has 142 valence electrons. The highest BCUT2D eigenvalue weighted by Crippen LogP contribution is 2.40. The number of aryl methyl sites for hydroxylation is 1. The van der Waals surface area contributed by atoms with Gasteiger partial charge in [0.15, 0.2) is 5.43 Å². The topological polar surface area (TPSA) is 63.4 Å². The molecule has 2 aromatic carbocycles. The lowest BCUT2D eigenvalue weighted by atomic mass is 9.98. The molecule has 1 atom stereocenters. The molecule has 0 N–H and O–H groups in total. The minimum Gasteiger partial charge on any atom is -0.450 e. The quantitative estimate of drug-likeness (QED) is 0.478. The van der Waals surface area contributed by atoms with Gasteiger partial charge in [-0.25, -0.2) is 4.98 Å². The SMILES string of the molecule is Cc1ccc(N2C(=O)c3oc4ccccc4c(=O)c3C2c2cccc(Cl)c2)nc1. The number of amides is 1. The van der Waals surface area contributed by atoms with Gasteiger partial charge in [-0.05, 0) is 48.4 Å². The molecule has 0 bridgehead atoms. The van der Waals surface area contributed by atoms with Crippen LogP contribution >= 0.6 is 11.6 Å². The molecule has 0 aliphatic carbocycles. The van der Waals surface area contributed by atoms with E-state index in [0.717, 1.165) is 11.1 Å². The molecule has 1 amide bonds. The van der Waals surface area contributed by atoms with Crippen LogP contribution in [0.1, 0.15) is 33.3 Å². The van der Waals surface area contributed by atoms with E-state index in [2.05, 4.69) is 4.98 Å². The molecular weight excluding hydrogens is 388 g/mol. The van der Waals surface area contributed by atoms with Gasteiger partial charge < -0.3 is 4.42 Å². The van der Waals surface area contributed by atoms with Gasteiger partial charge in [0, 0.05) is 11.2 Å². The predicted molar refractivity (Wildman–Crippen MR) is 112 cm³/mol. The first-order chi connectivity index (χ1) is 14.0. The zero-order valence-electron chi connectivity index (χ0n) is 15.4. The Morgan fingerprint density at radius 3 is 2.62 bits per heavy atom. The monoisotopic (exact) mass is 402 g/mol. The summed E-state index contributed by atoms with van der Waals surface area (Å²) in [5.41, 5.74) is 2.15. The Labute approximate surface area is 171 Å². The molecule has 2 aromatic heterocycles. The van der Waals surface area contributed by atoms with Crippen LogP contribution in [0, 0.1) is 6.92 Å². The van der Waals surface area contributed by atoms with Crippen LogP contribution in [0.4, 0.5) is 5.82 Å². The largest absolute Gasteiger partial charge is 0.450 e. The minimum absolute atomic E-state index is 0.0426. The number of pyridine rings is 1. The van der Waals surface area contributed by atoms with Gasteiger partial charge in [-0.2, -0.15) is 0 Å². The Balaban J connectivity index is 1.82. The summed E-state index contributed by atoms with van der Waals surface area (Å²) in [5, 5.41) is 0.954. The van der Waals surface area contributed by atoms with E-state index in [1.165, 1.54) is 4.90 Å². The summed E-state index contributed by atoms with van der Waals surface area (Å²) in [7, 11) is 0. The summed E-state index contributed by atoms with van der Waals surface area (Å²) in [6.07, 6.45) is 1.69. The predicted octanol–water partition coefficient (Wildman–Crippen LogP) is 4.90. The maximum atomic E-state index is 13.4. The van der Waals surface area contributed by atoms with Gasteiger partial charge in [-0.1, -0.05) is 41.9 Å². The van der Waals surface area contributed by atoms with E-state index in [0.29, 0.717) is 27.4 Å². The normalized spacial score (nSPS) is 15.7. The Hall–Kier alpha value is -3.44. The minimum atomic E-state index is -0.674. The van der Waals surface area contributed by atoms with Gasteiger partial charge in [0.1, 0.15) is 11.4 Å². The summed E-state index contributed by atoms with van der Waals surface area (Å²) in [4.78, 5) is 32.7. The molecule has 1 aliphatic heterocycles. The lowest BCUT2D eigenvalue weighted by Gasteiger charge is -2.24. The van der Waals surface area contributed by atoms with Crippen molar-refractivity contribution < 1.29 is 9.21 Å². The van der Waals surface area contributed by atoms with Crippen LogP contribution in [0.5, 0.6) is 0 Å². The summed E-state index contributed by atoms with van der Waals surface area (Å²) in [5.74, 6) is 0.0886. The number of halogens is 1.